The van der Waals surface area contributed by atoms with Crippen molar-refractivity contribution in [2.45, 2.75) is 25.7 Å². The molecule has 0 aliphatic carbocycles. The van der Waals surface area contributed by atoms with E-state index in [1.807, 2.05) is 12.1 Å². The van der Waals surface area contributed by atoms with Crippen molar-refractivity contribution in [3.05, 3.63) is 35.6 Å². The lowest BCUT2D eigenvalue weighted by atomic mass is 9.96. The molecule has 1 aliphatic rings. The molecule has 0 amide bonds. The van der Waals surface area contributed by atoms with Crippen LogP contribution in [0.15, 0.2) is 24.3 Å². The van der Waals surface area contributed by atoms with Crippen LogP contribution in [0.3, 0.4) is 0 Å². The van der Waals surface area contributed by atoms with Gasteiger partial charge in [-0.3, -0.25) is 0 Å². The van der Waals surface area contributed by atoms with Crippen LogP contribution in [0.5, 0.6) is 0 Å². The molecule has 0 radical (unpaired) electrons. The number of nitrogens with one attached hydrogen (secondary N) is 2. The first-order valence-corrected chi connectivity index (χ1v) is 7.01. The molecule has 0 spiro atoms. The van der Waals surface area contributed by atoms with E-state index in [4.69, 9.17) is 0 Å². The topological polar surface area (TPSA) is 24.1 Å². The predicted octanol–water partition coefficient (Wildman–Crippen LogP) is 2.35. The molecular formula is C15H23FN2. The third kappa shape index (κ3) is 4.39. The Balaban J connectivity index is 1.57. The maximum atomic E-state index is 13.4. The molecular weight excluding hydrogens is 227 g/mol. The summed E-state index contributed by atoms with van der Waals surface area (Å²) in [7, 11) is 0. The van der Waals surface area contributed by atoms with Crippen LogP contribution in [0.1, 0.15) is 24.8 Å². The van der Waals surface area contributed by atoms with Gasteiger partial charge in [-0.05, 0) is 69.4 Å². The van der Waals surface area contributed by atoms with E-state index in [0.29, 0.717) is 0 Å². The summed E-state index contributed by atoms with van der Waals surface area (Å²) in [6, 6.07) is 7.03. The minimum Gasteiger partial charge on any atom is -0.316 e. The number of rotatable bonds is 6. The fourth-order valence-electron chi connectivity index (χ4n) is 2.53. The van der Waals surface area contributed by atoms with Gasteiger partial charge in [0.15, 0.2) is 0 Å². The van der Waals surface area contributed by atoms with E-state index in [1.54, 1.807) is 6.07 Å². The van der Waals surface area contributed by atoms with E-state index < -0.39 is 0 Å². The highest BCUT2D eigenvalue weighted by Gasteiger charge is 2.11. The minimum atomic E-state index is -0.0872. The molecule has 1 saturated heterocycles. The summed E-state index contributed by atoms with van der Waals surface area (Å²) in [6.45, 7) is 4.24. The SMILES string of the molecule is Fc1ccccc1CCNCCC1CCCNC1. The van der Waals surface area contributed by atoms with Gasteiger partial charge in [-0.2, -0.15) is 0 Å². The number of hydrogen-bond donors (Lipinski definition) is 2. The van der Waals surface area contributed by atoms with Gasteiger partial charge in [-0.25, -0.2) is 4.39 Å². The van der Waals surface area contributed by atoms with Crippen LogP contribution in [-0.2, 0) is 6.42 Å². The summed E-state index contributed by atoms with van der Waals surface area (Å²) in [6.07, 6.45) is 4.65. The lowest BCUT2D eigenvalue weighted by Crippen LogP contribution is -2.32. The lowest BCUT2D eigenvalue weighted by Gasteiger charge is -2.22. The molecule has 1 aromatic rings. The highest BCUT2D eigenvalue weighted by molar-refractivity contribution is 5.17. The average molecular weight is 250 g/mol. The van der Waals surface area contributed by atoms with E-state index in [1.165, 1.54) is 31.9 Å². The highest BCUT2D eigenvalue weighted by atomic mass is 19.1. The molecule has 1 fully saturated rings. The molecule has 1 unspecified atom stereocenters. The van der Waals surface area contributed by atoms with Crippen molar-refractivity contribution in [2.75, 3.05) is 26.2 Å². The van der Waals surface area contributed by atoms with Crippen LogP contribution in [0.25, 0.3) is 0 Å². The van der Waals surface area contributed by atoms with Crippen LogP contribution < -0.4 is 10.6 Å². The van der Waals surface area contributed by atoms with Gasteiger partial charge in [0, 0.05) is 0 Å². The molecule has 1 heterocycles. The zero-order chi connectivity index (χ0) is 12.6. The molecule has 18 heavy (non-hydrogen) atoms. The zero-order valence-corrected chi connectivity index (χ0v) is 10.9. The fourth-order valence-corrected chi connectivity index (χ4v) is 2.53. The zero-order valence-electron chi connectivity index (χ0n) is 10.9. The quantitative estimate of drug-likeness (QED) is 0.757. The van der Waals surface area contributed by atoms with Crippen LogP contribution in [-0.4, -0.2) is 26.2 Å². The summed E-state index contributed by atoms with van der Waals surface area (Å²) in [4.78, 5) is 0. The Bertz CT molecular complexity index is 348. The Hall–Kier alpha value is -0.930. The van der Waals surface area contributed by atoms with Crippen molar-refractivity contribution in [3.8, 4) is 0 Å². The standard InChI is InChI=1S/C15H23FN2/c16-15-6-2-1-5-14(15)8-11-17-10-7-13-4-3-9-18-12-13/h1-2,5-6,13,17-18H,3-4,7-12H2. The van der Waals surface area contributed by atoms with E-state index in [2.05, 4.69) is 10.6 Å². The number of piperidine rings is 1. The molecule has 1 aromatic carbocycles. The molecule has 1 aliphatic heterocycles. The molecule has 1 atom stereocenters. The van der Waals surface area contributed by atoms with Crippen LogP contribution in [0.2, 0.25) is 0 Å². The molecule has 2 nitrogen and oxygen atoms in total. The van der Waals surface area contributed by atoms with Gasteiger partial charge in [-0.1, -0.05) is 18.2 Å². The summed E-state index contributed by atoms with van der Waals surface area (Å²) in [5, 5.41) is 6.85. The Morgan fingerprint density at radius 1 is 1.28 bits per heavy atom. The third-order valence-corrected chi connectivity index (χ3v) is 3.66. The predicted molar refractivity (Wildman–Crippen MR) is 73.2 cm³/mol. The fraction of sp³-hybridized carbons (Fsp3) is 0.600. The first-order chi connectivity index (χ1) is 8.86. The molecule has 0 saturated carbocycles. The highest BCUT2D eigenvalue weighted by Crippen LogP contribution is 2.12. The van der Waals surface area contributed by atoms with Crippen molar-refractivity contribution in [2.24, 2.45) is 5.92 Å². The Morgan fingerprint density at radius 3 is 2.94 bits per heavy atom. The molecule has 2 rings (SSSR count). The minimum absolute atomic E-state index is 0.0872. The normalized spacial score (nSPS) is 19.9. The monoisotopic (exact) mass is 250 g/mol. The van der Waals surface area contributed by atoms with Gasteiger partial charge in [-0.15, -0.1) is 0 Å². The smallest absolute Gasteiger partial charge is 0.126 e. The van der Waals surface area contributed by atoms with Gasteiger partial charge in [0.25, 0.3) is 0 Å². The summed E-state index contributed by atoms with van der Waals surface area (Å²) in [5.74, 6) is 0.732. The molecule has 100 valence electrons. The summed E-state index contributed by atoms with van der Waals surface area (Å²) in [5.41, 5.74) is 0.810. The van der Waals surface area contributed by atoms with Gasteiger partial charge >= 0.3 is 0 Å². The van der Waals surface area contributed by atoms with Gasteiger partial charge in [0.05, 0.1) is 0 Å². The second-order valence-corrected chi connectivity index (χ2v) is 5.09. The lowest BCUT2D eigenvalue weighted by molar-refractivity contribution is 0.352. The molecule has 0 bridgehead atoms. The Kier molecular flexibility index (Phi) is 5.62. The Labute approximate surface area is 109 Å². The number of benzene rings is 1. The first-order valence-electron chi connectivity index (χ1n) is 7.01. The van der Waals surface area contributed by atoms with Gasteiger partial charge < -0.3 is 10.6 Å². The molecule has 2 N–H and O–H groups in total. The van der Waals surface area contributed by atoms with Crippen molar-refractivity contribution in [1.82, 2.24) is 10.6 Å². The van der Waals surface area contributed by atoms with Crippen molar-refractivity contribution < 1.29 is 4.39 Å². The molecule has 3 heteroatoms. The van der Waals surface area contributed by atoms with E-state index in [0.717, 1.165) is 37.5 Å². The Morgan fingerprint density at radius 2 is 2.17 bits per heavy atom. The third-order valence-electron chi connectivity index (χ3n) is 3.66. The summed E-state index contributed by atoms with van der Waals surface area (Å²) < 4.78 is 13.4. The molecule has 0 aromatic heterocycles. The second kappa shape index (κ2) is 7.49. The first kappa shape index (κ1) is 13.5. The average Bonchev–Trinajstić information content (AvgIpc) is 2.42. The maximum Gasteiger partial charge on any atom is 0.126 e. The van der Waals surface area contributed by atoms with Gasteiger partial charge in [0.2, 0.25) is 0 Å². The van der Waals surface area contributed by atoms with E-state index in [9.17, 15) is 4.39 Å². The van der Waals surface area contributed by atoms with Crippen LogP contribution in [0.4, 0.5) is 4.39 Å². The van der Waals surface area contributed by atoms with Crippen molar-refractivity contribution in [1.29, 1.82) is 0 Å². The van der Waals surface area contributed by atoms with Crippen LogP contribution in [0, 0.1) is 11.7 Å². The summed E-state index contributed by atoms with van der Waals surface area (Å²) >= 11 is 0. The van der Waals surface area contributed by atoms with Crippen molar-refractivity contribution in [3.63, 3.8) is 0 Å². The largest absolute Gasteiger partial charge is 0.316 e. The number of halogens is 1. The van der Waals surface area contributed by atoms with E-state index in [-0.39, 0.29) is 5.82 Å². The number of hydrogen-bond acceptors (Lipinski definition) is 2. The van der Waals surface area contributed by atoms with Gasteiger partial charge in [0.1, 0.15) is 5.82 Å². The van der Waals surface area contributed by atoms with E-state index >= 15 is 0 Å². The van der Waals surface area contributed by atoms with Crippen LogP contribution >= 0.6 is 0 Å². The maximum absolute atomic E-state index is 13.4. The second-order valence-electron chi connectivity index (χ2n) is 5.09. The van der Waals surface area contributed by atoms with Crippen molar-refractivity contribution >= 4 is 0 Å².